The van der Waals surface area contributed by atoms with E-state index in [2.05, 4.69) is 37.3 Å². The van der Waals surface area contributed by atoms with Crippen LogP contribution in [0.15, 0.2) is 60.7 Å². The van der Waals surface area contributed by atoms with E-state index in [9.17, 15) is 9.59 Å². The Morgan fingerprint density at radius 2 is 1.75 bits per heavy atom. The first-order chi connectivity index (χ1) is 17.5. The molecule has 7 heteroatoms. The molecule has 36 heavy (non-hydrogen) atoms. The Bertz CT molecular complexity index is 1410. The first kappa shape index (κ1) is 24.0. The van der Waals surface area contributed by atoms with Crippen molar-refractivity contribution in [2.24, 2.45) is 5.92 Å². The van der Waals surface area contributed by atoms with Gasteiger partial charge in [-0.3, -0.25) is 9.59 Å². The number of fused-ring (bicyclic) bond motifs is 1. The lowest BCUT2D eigenvalue weighted by Gasteiger charge is -2.30. The van der Waals surface area contributed by atoms with Crippen molar-refractivity contribution in [3.05, 3.63) is 71.1 Å². The van der Waals surface area contributed by atoms with E-state index in [4.69, 9.17) is 15.5 Å². The van der Waals surface area contributed by atoms with Gasteiger partial charge >= 0.3 is 5.97 Å². The lowest BCUT2D eigenvalue weighted by atomic mass is 9.96. The predicted octanol–water partition coefficient (Wildman–Crippen LogP) is 5.94. The van der Waals surface area contributed by atoms with Gasteiger partial charge in [0.1, 0.15) is 9.71 Å². The number of rotatable bonds is 5. The molecule has 1 aliphatic rings. The van der Waals surface area contributed by atoms with Crippen molar-refractivity contribution in [1.29, 1.82) is 0 Å². The third kappa shape index (κ3) is 4.58. The molecule has 6 nitrogen and oxygen atoms in total. The molecule has 184 valence electrons. The molecular weight excluding hydrogens is 470 g/mol. The highest BCUT2D eigenvalue weighted by molar-refractivity contribution is 7.21. The average Bonchev–Trinajstić information content (AvgIpc) is 3.25. The van der Waals surface area contributed by atoms with Gasteiger partial charge in [-0.2, -0.15) is 0 Å². The number of ether oxygens (including phenoxy) is 1. The monoisotopic (exact) mass is 499 g/mol. The number of hydrogen-bond donors (Lipinski definition) is 1. The fourth-order valence-electron chi connectivity index (χ4n) is 4.72. The molecular formula is C29H29N3O3S. The summed E-state index contributed by atoms with van der Waals surface area (Å²) in [5, 5.41) is 0.813. The summed E-state index contributed by atoms with van der Waals surface area (Å²) in [5.74, 6) is -0.433. The summed E-state index contributed by atoms with van der Waals surface area (Å²) in [6.07, 6.45) is 1.20. The van der Waals surface area contributed by atoms with Crippen molar-refractivity contribution in [3.8, 4) is 22.4 Å². The minimum absolute atomic E-state index is 0.103. The zero-order valence-electron chi connectivity index (χ0n) is 20.5. The molecule has 0 aliphatic carbocycles. The van der Waals surface area contributed by atoms with Crippen molar-refractivity contribution in [1.82, 2.24) is 9.88 Å². The number of nitrogens with two attached hydrogens (primary N) is 1. The summed E-state index contributed by atoms with van der Waals surface area (Å²) in [4.78, 5) is 33.6. The maximum absolute atomic E-state index is 13.6. The van der Waals surface area contributed by atoms with Crippen LogP contribution in [0.4, 0.5) is 5.69 Å². The minimum Gasteiger partial charge on any atom is -0.466 e. The van der Waals surface area contributed by atoms with E-state index in [1.807, 2.05) is 37.3 Å². The zero-order chi connectivity index (χ0) is 25.2. The average molecular weight is 500 g/mol. The first-order valence-corrected chi connectivity index (χ1v) is 13.1. The Kier molecular flexibility index (Phi) is 6.74. The van der Waals surface area contributed by atoms with Gasteiger partial charge in [-0.1, -0.05) is 60.2 Å². The van der Waals surface area contributed by atoms with Gasteiger partial charge in [0.05, 0.1) is 23.9 Å². The van der Waals surface area contributed by atoms with Crippen LogP contribution in [0.25, 0.3) is 32.6 Å². The molecule has 0 bridgehead atoms. The van der Waals surface area contributed by atoms with Crippen molar-refractivity contribution in [2.75, 3.05) is 25.4 Å². The Balaban J connectivity index is 1.54. The van der Waals surface area contributed by atoms with Gasteiger partial charge in [0.2, 0.25) is 0 Å². The Hall–Kier alpha value is -3.71. The molecule has 5 rings (SSSR count). The molecule has 1 amide bonds. The number of aryl methyl sites for hydroxylation is 1. The van der Waals surface area contributed by atoms with E-state index in [1.54, 1.807) is 4.90 Å². The van der Waals surface area contributed by atoms with Crippen LogP contribution < -0.4 is 5.73 Å². The van der Waals surface area contributed by atoms with Gasteiger partial charge in [-0.05, 0) is 43.9 Å². The lowest BCUT2D eigenvalue weighted by molar-refractivity contribution is -0.149. The molecule has 2 N–H and O–H groups in total. The third-order valence-electron chi connectivity index (χ3n) is 6.73. The number of thiophene rings is 1. The zero-order valence-corrected chi connectivity index (χ0v) is 21.3. The van der Waals surface area contributed by atoms with Crippen LogP contribution in [0.2, 0.25) is 0 Å². The van der Waals surface area contributed by atoms with Crippen LogP contribution >= 0.6 is 11.3 Å². The highest BCUT2D eigenvalue weighted by Gasteiger charge is 2.31. The van der Waals surface area contributed by atoms with Gasteiger partial charge in [0.15, 0.2) is 0 Å². The summed E-state index contributed by atoms with van der Waals surface area (Å²) in [6, 6.07) is 20.4. The summed E-state index contributed by atoms with van der Waals surface area (Å²) >= 11 is 1.34. The molecule has 0 radical (unpaired) electrons. The highest BCUT2D eigenvalue weighted by Crippen LogP contribution is 2.42. The van der Waals surface area contributed by atoms with Crippen LogP contribution in [0, 0.1) is 12.8 Å². The van der Waals surface area contributed by atoms with Gasteiger partial charge in [0, 0.05) is 24.0 Å². The van der Waals surface area contributed by atoms with Crippen molar-refractivity contribution < 1.29 is 14.3 Å². The SMILES string of the molecule is CCOC(=O)C1CCN(C(=O)c2sc3nc(-c4ccccc4)cc(-c4ccc(C)cc4)c3c2N)CC1. The maximum atomic E-state index is 13.6. The number of amides is 1. The molecule has 0 atom stereocenters. The number of carbonyl (C=O) groups excluding carboxylic acids is 2. The molecule has 3 heterocycles. The van der Waals surface area contributed by atoms with Crippen molar-refractivity contribution >= 4 is 39.1 Å². The summed E-state index contributed by atoms with van der Waals surface area (Å²) < 4.78 is 5.16. The van der Waals surface area contributed by atoms with Gasteiger partial charge in [-0.25, -0.2) is 4.98 Å². The summed E-state index contributed by atoms with van der Waals surface area (Å²) in [7, 11) is 0. The molecule has 4 aromatic rings. The largest absolute Gasteiger partial charge is 0.466 e. The normalized spacial score (nSPS) is 14.2. The van der Waals surface area contributed by atoms with E-state index in [0.29, 0.717) is 43.1 Å². The molecule has 1 saturated heterocycles. The van der Waals surface area contributed by atoms with E-state index < -0.39 is 0 Å². The van der Waals surface area contributed by atoms with Crippen molar-refractivity contribution in [3.63, 3.8) is 0 Å². The Morgan fingerprint density at radius 1 is 1.06 bits per heavy atom. The summed E-state index contributed by atoms with van der Waals surface area (Å²) in [5.41, 5.74) is 12.2. The van der Waals surface area contributed by atoms with Crippen LogP contribution in [-0.2, 0) is 9.53 Å². The maximum Gasteiger partial charge on any atom is 0.309 e. The van der Waals surface area contributed by atoms with Crippen LogP contribution in [0.1, 0.15) is 35.0 Å². The second-order valence-electron chi connectivity index (χ2n) is 9.13. The number of anilines is 1. The smallest absolute Gasteiger partial charge is 0.309 e. The Labute approximate surface area is 214 Å². The number of benzene rings is 2. The molecule has 1 aliphatic heterocycles. The van der Waals surface area contributed by atoms with E-state index in [0.717, 1.165) is 32.6 Å². The number of hydrogen-bond acceptors (Lipinski definition) is 6. The molecule has 0 saturated carbocycles. The number of pyridine rings is 1. The molecule has 2 aromatic carbocycles. The highest BCUT2D eigenvalue weighted by atomic mass is 32.1. The fraction of sp³-hybridized carbons (Fsp3) is 0.276. The number of likely N-dealkylation sites (tertiary alicyclic amines) is 1. The van der Waals surface area contributed by atoms with Crippen LogP contribution in [0.5, 0.6) is 0 Å². The first-order valence-electron chi connectivity index (χ1n) is 12.3. The second-order valence-corrected chi connectivity index (χ2v) is 10.1. The number of nitrogen functional groups attached to an aromatic ring is 1. The number of piperidine rings is 1. The molecule has 2 aromatic heterocycles. The van der Waals surface area contributed by atoms with Crippen molar-refractivity contribution in [2.45, 2.75) is 26.7 Å². The van der Waals surface area contributed by atoms with E-state index in [1.165, 1.54) is 16.9 Å². The standard InChI is InChI=1S/C29H29N3O3S/c1-3-35-29(34)21-13-15-32(16-14-21)28(33)26-25(30)24-22(19-11-9-18(2)10-12-19)17-23(31-27(24)36-26)20-7-5-4-6-8-20/h4-12,17,21H,3,13-16,30H2,1-2H3. The number of carbonyl (C=O) groups is 2. The summed E-state index contributed by atoms with van der Waals surface area (Å²) in [6.45, 7) is 5.25. The second kappa shape index (κ2) is 10.1. The lowest BCUT2D eigenvalue weighted by Crippen LogP contribution is -2.40. The number of nitrogens with zero attached hydrogens (tertiary/aromatic N) is 2. The molecule has 1 fully saturated rings. The van der Waals surface area contributed by atoms with E-state index >= 15 is 0 Å². The minimum atomic E-state index is -0.175. The van der Waals surface area contributed by atoms with Gasteiger partial charge in [-0.15, -0.1) is 11.3 Å². The quantitative estimate of drug-likeness (QED) is 0.344. The predicted molar refractivity (Wildman–Crippen MR) is 145 cm³/mol. The third-order valence-corrected chi connectivity index (χ3v) is 7.81. The van der Waals surface area contributed by atoms with Gasteiger partial charge < -0.3 is 15.4 Å². The van der Waals surface area contributed by atoms with Crippen LogP contribution in [-0.4, -0.2) is 41.5 Å². The topological polar surface area (TPSA) is 85.5 Å². The van der Waals surface area contributed by atoms with E-state index in [-0.39, 0.29) is 17.8 Å². The van der Waals surface area contributed by atoms with Gasteiger partial charge in [0.25, 0.3) is 5.91 Å². The molecule has 0 unspecified atom stereocenters. The number of esters is 1. The fourth-order valence-corrected chi connectivity index (χ4v) is 5.81. The molecule has 0 spiro atoms. The Morgan fingerprint density at radius 3 is 2.42 bits per heavy atom. The number of aromatic nitrogens is 1. The van der Waals surface area contributed by atoms with Crippen LogP contribution in [0.3, 0.4) is 0 Å².